The Morgan fingerprint density at radius 1 is 0.905 bits per heavy atom. The average Bonchev–Trinajstić information content (AvgIpc) is 3.00. The number of rotatable bonds is 12. The molecule has 0 unspecified atom stereocenters. The van der Waals surface area contributed by atoms with Crippen LogP contribution in [0.1, 0.15) is 60.0 Å². The molecule has 3 aromatic carbocycles. The van der Waals surface area contributed by atoms with Crippen molar-refractivity contribution in [2.75, 3.05) is 64.9 Å². The number of amides is 1. The largest absolute Gasteiger partial charge is 0.496 e. The predicted molar refractivity (Wildman–Crippen MR) is 172 cm³/mol. The SMILES string of the molecule is COc1cc(C(=O)N(CCCN2CCN(c3ccccc3)CC2)C/C(C)=C/c2ccccc2)cc(OC)c1C1CCC1. The van der Waals surface area contributed by atoms with Crippen LogP contribution in [0.4, 0.5) is 5.69 Å². The van der Waals surface area contributed by atoms with Crippen LogP contribution in [-0.2, 0) is 0 Å². The minimum atomic E-state index is 0.0152. The molecule has 2 fully saturated rings. The number of piperazine rings is 1. The molecule has 1 saturated carbocycles. The van der Waals surface area contributed by atoms with Gasteiger partial charge in [-0.1, -0.05) is 66.6 Å². The van der Waals surface area contributed by atoms with E-state index >= 15 is 0 Å². The lowest BCUT2D eigenvalue weighted by molar-refractivity contribution is 0.0761. The Hall–Kier alpha value is -3.77. The van der Waals surface area contributed by atoms with Crippen LogP contribution in [0.5, 0.6) is 11.5 Å². The molecule has 222 valence electrons. The molecule has 1 aliphatic heterocycles. The summed E-state index contributed by atoms with van der Waals surface area (Å²) in [5.41, 5.74) is 5.31. The van der Waals surface area contributed by atoms with Crippen LogP contribution in [0.2, 0.25) is 0 Å². The zero-order chi connectivity index (χ0) is 29.3. The normalized spacial score (nSPS) is 16.2. The second-order valence-corrected chi connectivity index (χ2v) is 11.6. The summed E-state index contributed by atoms with van der Waals surface area (Å²) >= 11 is 0. The summed E-state index contributed by atoms with van der Waals surface area (Å²) in [5.74, 6) is 1.97. The maximum Gasteiger partial charge on any atom is 0.254 e. The number of ether oxygens (including phenoxy) is 2. The maximum atomic E-state index is 14.1. The number of carbonyl (C=O) groups is 1. The Morgan fingerprint density at radius 2 is 1.52 bits per heavy atom. The van der Waals surface area contributed by atoms with Crippen molar-refractivity contribution in [2.24, 2.45) is 0 Å². The fourth-order valence-electron chi connectivity index (χ4n) is 6.13. The quantitative estimate of drug-likeness (QED) is 0.243. The minimum Gasteiger partial charge on any atom is -0.496 e. The molecular weight excluding hydrogens is 522 g/mol. The highest BCUT2D eigenvalue weighted by atomic mass is 16.5. The van der Waals surface area contributed by atoms with E-state index in [0.29, 0.717) is 24.6 Å². The van der Waals surface area contributed by atoms with Crippen LogP contribution >= 0.6 is 0 Å². The summed E-state index contributed by atoms with van der Waals surface area (Å²) < 4.78 is 11.6. The predicted octanol–water partition coefficient (Wildman–Crippen LogP) is 6.73. The van der Waals surface area contributed by atoms with E-state index in [9.17, 15) is 4.79 Å². The van der Waals surface area contributed by atoms with Gasteiger partial charge in [0.15, 0.2) is 0 Å². The number of benzene rings is 3. The lowest BCUT2D eigenvalue weighted by atomic mass is 9.79. The summed E-state index contributed by atoms with van der Waals surface area (Å²) in [6.07, 6.45) is 6.58. The molecule has 0 radical (unpaired) electrons. The minimum absolute atomic E-state index is 0.0152. The molecule has 0 N–H and O–H groups in total. The Morgan fingerprint density at radius 3 is 2.10 bits per heavy atom. The van der Waals surface area contributed by atoms with E-state index < -0.39 is 0 Å². The smallest absolute Gasteiger partial charge is 0.254 e. The number of hydrogen-bond donors (Lipinski definition) is 0. The van der Waals surface area contributed by atoms with Gasteiger partial charge in [-0.15, -0.1) is 0 Å². The van der Waals surface area contributed by atoms with E-state index in [0.717, 1.165) is 80.2 Å². The Labute approximate surface area is 251 Å². The number of anilines is 1. The van der Waals surface area contributed by atoms with Gasteiger partial charge in [-0.05, 0) is 68.5 Å². The second-order valence-electron chi connectivity index (χ2n) is 11.6. The molecule has 0 spiro atoms. The molecule has 5 rings (SSSR count). The zero-order valence-corrected chi connectivity index (χ0v) is 25.4. The van der Waals surface area contributed by atoms with Crippen molar-refractivity contribution in [1.82, 2.24) is 9.80 Å². The third kappa shape index (κ3) is 7.35. The van der Waals surface area contributed by atoms with Gasteiger partial charge in [0.1, 0.15) is 11.5 Å². The fraction of sp³-hybridized carbons (Fsp3) is 0.417. The van der Waals surface area contributed by atoms with Crippen LogP contribution in [0.3, 0.4) is 0 Å². The highest BCUT2D eigenvalue weighted by Gasteiger charge is 2.29. The van der Waals surface area contributed by atoms with Crippen LogP contribution in [0.25, 0.3) is 6.08 Å². The van der Waals surface area contributed by atoms with Crippen molar-refractivity contribution in [1.29, 1.82) is 0 Å². The molecule has 6 nitrogen and oxygen atoms in total. The Kier molecular flexibility index (Phi) is 10.2. The standard InChI is InChI=1S/C36H45N3O3/c1-28(24-29-12-6-4-7-13-29)27-39(19-11-18-37-20-22-38(23-21-37)32-16-8-5-9-17-32)36(40)31-25-33(41-2)35(30-14-10-15-30)34(26-31)42-3/h4-9,12-13,16-17,24-26,30H,10-11,14-15,18-23,27H2,1-3H3/b28-24+. The molecule has 0 atom stereocenters. The molecule has 3 aromatic rings. The van der Waals surface area contributed by atoms with Crippen molar-refractivity contribution in [2.45, 2.75) is 38.5 Å². The van der Waals surface area contributed by atoms with Crippen LogP contribution in [0.15, 0.2) is 78.4 Å². The third-order valence-corrected chi connectivity index (χ3v) is 8.64. The topological polar surface area (TPSA) is 45.2 Å². The molecule has 1 aliphatic carbocycles. The highest BCUT2D eigenvalue weighted by molar-refractivity contribution is 5.95. The molecule has 1 saturated heterocycles. The monoisotopic (exact) mass is 567 g/mol. The van der Waals surface area contributed by atoms with Crippen molar-refractivity contribution in [3.05, 3.63) is 95.1 Å². The molecule has 0 aromatic heterocycles. The summed E-state index contributed by atoms with van der Waals surface area (Å²) in [6.45, 7) is 8.46. The summed E-state index contributed by atoms with van der Waals surface area (Å²) in [7, 11) is 3.38. The summed E-state index contributed by atoms with van der Waals surface area (Å²) in [4.78, 5) is 21.1. The van der Waals surface area contributed by atoms with Crippen LogP contribution in [-0.4, -0.2) is 75.7 Å². The van der Waals surface area contributed by atoms with Gasteiger partial charge >= 0.3 is 0 Å². The lowest BCUT2D eigenvalue weighted by Crippen LogP contribution is -2.47. The van der Waals surface area contributed by atoms with Gasteiger partial charge in [-0.2, -0.15) is 0 Å². The molecule has 1 amide bonds. The van der Waals surface area contributed by atoms with Gasteiger partial charge in [-0.3, -0.25) is 9.69 Å². The van der Waals surface area contributed by atoms with Crippen molar-refractivity contribution in [3.63, 3.8) is 0 Å². The fourth-order valence-corrected chi connectivity index (χ4v) is 6.13. The first kappa shape index (κ1) is 29.7. The van der Waals surface area contributed by atoms with Gasteiger partial charge in [-0.25, -0.2) is 0 Å². The van der Waals surface area contributed by atoms with E-state index in [4.69, 9.17) is 9.47 Å². The molecule has 2 aliphatic rings. The van der Waals surface area contributed by atoms with Gasteiger partial charge in [0, 0.05) is 56.1 Å². The molecule has 1 heterocycles. The second kappa shape index (κ2) is 14.4. The molecule has 0 bridgehead atoms. The summed E-state index contributed by atoms with van der Waals surface area (Å²) in [5, 5.41) is 0. The van der Waals surface area contributed by atoms with Gasteiger partial charge in [0.25, 0.3) is 5.91 Å². The van der Waals surface area contributed by atoms with Crippen molar-refractivity contribution < 1.29 is 14.3 Å². The lowest BCUT2D eigenvalue weighted by Gasteiger charge is -2.36. The van der Waals surface area contributed by atoms with Gasteiger partial charge in [0.2, 0.25) is 0 Å². The highest BCUT2D eigenvalue weighted by Crippen LogP contribution is 2.46. The van der Waals surface area contributed by atoms with Gasteiger partial charge in [0.05, 0.1) is 14.2 Å². The Balaban J connectivity index is 1.28. The van der Waals surface area contributed by atoms with E-state index in [-0.39, 0.29) is 5.91 Å². The van der Waals surface area contributed by atoms with E-state index in [1.165, 1.54) is 12.1 Å². The van der Waals surface area contributed by atoms with E-state index in [1.54, 1.807) is 14.2 Å². The average molecular weight is 568 g/mol. The number of para-hydroxylation sites is 1. The van der Waals surface area contributed by atoms with E-state index in [2.05, 4.69) is 65.3 Å². The Bertz CT molecular complexity index is 1300. The number of methoxy groups -OCH3 is 2. The van der Waals surface area contributed by atoms with Crippen LogP contribution in [0, 0.1) is 0 Å². The third-order valence-electron chi connectivity index (χ3n) is 8.64. The van der Waals surface area contributed by atoms with Crippen molar-refractivity contribution >= 4 is 17.7 Å². The van der Waals surface area contributed by atoms with E-state index in [1.807, 2.05) is 35.2 Å². The number of carbonyl (C=O) groups excluding carboxylic acids is 1. The first-order chi connectivity index (χ1) is 20.6. The van der Waals surface area contributed by atoms with Crippen molar-refractivity contribution in [3.8, 4) is 11.5 Å². The first-order valence-electron chi connectivity index (χ1n) is 15.4. The molecular formula is C36H45N3O3. The molecule has 6 heteroatoms. The maximum absolute atomic E-state index is 14.1. The molecule has 42 heavy (non-hydrogen) atoms. The van der Waals surface area contributed by atoms with Crippen LogP contribution < -0.4 is 14.4 Å². The van der Waals surface area contributed by atoms with Gasteiger partial charge < -0.3 is 19.3 Å². The number of nitrogens with zero attached hydrogens (tertiary/aromatic N) is 3. The number of hydrogen-bond acceptors (Lipinski definition) is 5. The first-order valence-corrected chi connectivity index (χ1v) is 15.4. The zero-order valence-electron chi connectivity index (χ0n) is 25.4. The summed E-state index contributed by atoms with van der Waals surface area (Å²) in [6, 6.07) is 24.8.